The maximum Gasteiger partial charge on any atom is 0.159 e. The van der Waals surface area contributed by atoms with Gasteiger partial charge in [-0.2, -0.15) is 0 Å². The Morgan fingerprint density at radius 1 is 0.526 bits per heavy atom. The molecule has 57 heavy (non-hydrogen) atoms. The van der Waals surface area contributed by atoms with Gasteiger partial charge in [0.1, 0.15) is 17.0 Å². The summed E-state index contributed by atoms with van der Waals surface area (Å²) in [6.07, 6.45) is -0.400. The van der Waals surface area contributed by atoms with Crippen LogP contribution in [-0.2, 0) is 0 Å². The summed E-state index contributed by atoms with van der Waals surface area (Å²) < 4.78 is 11.7. The van der Waals surface area contributed by atoms with E-state index in [0.29, 0.717) is 5.84 Å². The van der Waals surface area contributed by atoms with E-state index in [4.69, 9.17) is 14.4 Å². The monoisotopic (exact) mass is 748 g/mol. The Morgan fingerprint density at radius 2 is 1.23 bits per heavy atom. The summed E-state index contributed by atoms with van der Waals surface area (Å²) in [5.74, 6) is 1.47. The Hall–Kier alpha value is -7.28. The van der Waals surface area contributed by atoms with Crippen molar-refractivity contribution in [3.63, 3.8) is 0 Å². The number of nitrogens with one attached hydrogen (secondary N) is 1. The number of fused-ring (bicyclic) bond motifs is 9. The van der Waals surface area contributed by atoms with Crippen LogP contribution in [0.5, 0.6) is 0 Å². The second-order valence-electron chi connectivity index (χ2n) is 14.6. The Balaban J connectivity index is 0.971. The number of aromatic nitrogens is 1. The molecule has 1 aliphatic heterocycles. The van der Waals surface area contributed by atoms with Crippen LogP contribution in [0.3, 0.4) is 0 Å². The summed E-state index contributed by atoms with van der Waals surface area (Å²) >= 11 is 1.85. The van der Waals surface area contributed by atoms with Gasteiger partial charge in [0.05, 0.1) is 11.0 Å². The number of para-hydroxylation sites is 3. The van der Waals surface area contributed by atoms with E-state index < -0.39 is 6.17 Å². The van der Waals surface area contributed by atoms with Crippen LogP contribution in [-0.4, -0.2) is 16.2 Å². The van der Waals surface area contributed by atoms with Crippen LogP contribution in [0.2, 0.25) is 0 Å². The Kier molecular flexibility index (Phi) is 7.09. The fraction of sp³-hybridized carbons (Fsp3) is 0.0196. The van der Waals surface area contributed by atoms with Crippen molar-refractivity contribution in [2.75, 3.05) is 0 Å². The Morgan fingerprint density at radius 3 is 2.02 bits per heavy atom. The van der Waals surface area contributed by atoms with Crippen LogP contribution in [0.25, 0.3) is 80.7 Å². The highest BCUT2D eigenvalue weighted by Gasteiger charge is 2.25. The van der Waals surface area contributed by atoms with Gasteiger partial charge in [-0.1, -0.05) is 140 Å². The quantitative estimate of drug-likeness (QED) is 0.191. The molecule has 1 aliphatic rings. The first-order chi connectivity index (χ1) is 28.2. The fourth-order valence-corrected chi connectivity index (χ4v) is 9.79. The smallest absolute Gasteiger partial charge is 0.159 e. The average Bonchev–Trinajstić information content (AvgIpc) is 3.96. The van der Waals surface area contributed by atoms with Gasteiger partial charge in [-0.25, -0.2) is 9.98 Å². The van der Waals surface area contributed by atoms with Gasteiger partial charge >= 0.3 is 0 Å². The maximum absolute atomic E-state index is 6.78. The zero-order valence-corrected chi connectivity index (χ0v) is 31.4. The first-order valence-electron chi connectivity index (χ1n) is 19.2. The van der Waals surface area contributed by atoms with Crippen LogP contribution in [0.15, 0.2) is 196 Å². The number of rotatable bonds is 5. The van der Waals surface area contributed by atoms with Crippen LogP contribution >= 0.6 is 11.3 Å². The molecule has 0 bridgehead atoms. The second-order valence-corrected chi connectivity index (χ2v) is 15.6. The van der Waals surface area contributed by atoms with Crippen molar-refractivity contribution >= 4 is 86.9 Å². The van der Waals surface area contributed by atoms with Crippen molar-refractivity contribution in [1.82, 2.24) is 9.88 Å². The number of thiophene rings is 1. The van der Waals surface area contributed by atoms with Gasteiger partial charge < -0.3 is 14.3 Å². The molecule has 8 aromatic carbocycles. The summed E-state index contributed by atoms with van der Waals surface area (Å²) in [5, 5.41) is 10.9. The molecule has 6 heteroatoms. The Bertz CT molecular complexity index is 3390. The third kappa shape index (κ3) is 5.08. The van der Waals surface area contributed by atoms with Gasteiger partial charge in [-0.15, -0.1) is 11.3 Å². The van der Waals surface area contributed by atoms with E-state index in [1.54, 1.807) is 0 Å². The molecule has 4 heterocycles. The number of hydrogen-bond donors (Lipinski definition) is 1. The molecule has 1 unspecified atom stereocenters. The number of furan rings is 1. The van der Waals surface area contributed by atoms with Crippen LogP contribution in [0.1, 0.15) is 22.9 Å². The predicted octanol–water partition coefficient (Wildman–Crippen LogP) is 13.2. The van der Waals surface area contributed by atoms with Gasteiger partial charge in [0.25, 0.3) is 0 Å². The molecular formula is C51H32N4OS. The SMILES string of the molecule is c1ccc(C2=NC(c3cccc4c3oc3cccc(-c5ccc6c(c5)sc5ccc(-n7c8ccccc8c8ccccc87)cc56)c34)NC(c3ccccc3)=N2)cc1. The van der Waals surface area contributed by atoms with E-state index in [1.165, 1.54) is 47.7 Å². The molecule has 0 amide bonds. The first-order valence-corrected chi connectivity index (χ1v) is 20.0. The number of nitrogens with zero attached hydrogens (tertiary/aromatic N) is 3. The lowest BCUT2D eigenvalue weighted by molar-refractivity contribution is 0.628. The van der Waals surface area contributed by atoms with Crippen LogP contribution in [0.4, 0.5) is 0 Å². The highest BCUT2D eigenvalue weighted by atomic mass is 32.1. The van der Waals surface area contributed by atoms with Gasteiger partial charge in [0.2, 0.25) is 0 Å². The highest BCUT2D eigenvalue weighted by molar-refractivity contribution is 7.25. The molecule has 3 aromatic heterocycles. The van der Waals surface area contributed by atoms with Crippen molar-refractivity contribution in [1.29, 1.82) is 0 Å². The summed E-state index contributed by atoms with van der Waals surface area (Å²) in [6, 6.07) is 64.3. The van der Waals surface area contributed by atoms with E-state index in [0.717, 1.165) is 55.6 Å². The normalized spacial score (nSPS) is 14.5. The number of benzene rings is 8. The molecule has 0 fully saturated rings. The molecule has 0 saturated carbocycles. The van der Waals surface area contributed by atoms with Gasteiger partial charge in [-0.05, 0) is 53.6 Å². The summed E-state index contributed by atoms with van der Waals surface area (Å²) in [7, 11) is 0. The number of amidine groups is 2. The second kappa shape index (κ2) is 12.6. The molecule has 1 N–H and O–H groups in total. The minimum absolute atomic E-state index is 0.400. The summed E-state index contributed by atoms with van der Waals surface area (Å²) in [4.78, 5) is 10.1. The van der Waals surface area contributed by atoms with E-state index >= 15 is 0 Å². The molecule has 11 aromatic rings. The predicted molar refractivity (Wildman–Crippen MR) is 238 cm³/mol. The Labute approximate surface area is 331 Å². The minimum Gasteiger partial charge on any atom is -0.456 e. The van der Waals surface area contributed by atoms with E-state index in [-0.39, 0.29) is 0 Å². The first kappa shape index (κ1) is 32.0. The highest BCUT2D eigenvalue weighted by Crippen LogP contribution is 2.43. The van der Waals surface area contributed by atoms with Crippen molar-refractivity contribution in [3.8, 4) is 16.8 Å². The fourth-order valence-electron chi connectivity index (χ4n) is 8.67. The molecule has 0 spiro atoms. The van der Waals surface area contributed by atoms with Gasteiger partial charge in [-0.3, -0.25) is 0 Å². The minimum atomic E-state index is -0.400. The third-order valence-electron chi connectivity index (χ3n) is 11.3. The van der Waals surface area contributed by atoms with E-state index in [2.05, 4.69) is 155 Å². The lowest BCUT2D eigenvalue weighted by atomic mass is 9.97. The molecule has 5 nitrogen and oxygen atoms in total. The molecule has 1 atom stereocenters. The zero-order chi connectivity index (χ0) is 37.5. The summed E-state index contributed by atoms with van der Waals surface area (Å²) in [6.45, 7) is 0. The van der Waals surface area contributed by atoms with Crippen LogP contribution in [0, 0.1) is 0 Å². The standard InChI is InChI=1S/C51H32N4OS/c1-3-13-31(14-4-1)49-52-50(32-15-5-2-6-16-32)54-51(53-49)40-21-11-20-39-47-35(19-12-24-44(47)56-48(39)40)33-25-27-38-41-30-34(26-28-45(41)57-46(38)29-33)55-42-22-9-7-17-36(42)37-18-8-10-23-43(37)55/h1-30,51H,(H,52,53,54). The topological polar surface area (TPSA) is 54.8 Å². The summed E-state index contributed by atoms with van der Waals surface area (Å²) in [5.41, 5.74) is 10.5. The lowest BCUT2D eigenvalue weighted by Gasteiger charge is -2.23. The molecule has 12 rings (SSSR count). The van der Waals surface area contributed by atoms with E-state index in [1.807, 2.05) is 47.7 Å². The molecule has 0 radical (unpaired) electrons. The number of aliphatic imine (C=N–C) groups is 2. The third-order valence-corrected chi connectivity index (χ3v) is 12.4. The van der Waals surface area contributed by atoms with Crippen molar-refractivity contribution < 1.29 is 4.42 Å². The zero-order valence-electron chi connectivity index (χ0n) is 30.6. The number of hydrogen-bond acceptors (Lipinski definition) is 5. The molecule has 268 valence electrons. The van der Waals surface area contributed by atoms with Gasteiger partial charge in [0.15, 0.2) is 12.0 Å². The van der Waals surface area contributed by atoms with Crippen molar-refractivity contribution in [2.24, 2.45) is 9.98 Å². The van der Waals surface area contributed by atoms with Crippen molar-refractivity contribution in [3.05, 3.63) is 199 Å². The van der Waals surface area contributed by atoms with Crippen LogP contribution < -0.4 is 5.32 Å². The maximum atomic E-state index is 6.78. The lowest BCUT2D eigenvalue weighted by Crippen LogP contribution is -2.33. The average molecular weight is 749 g/mol. The molecule has 0 aliphatic carbocycles. The largest absolute Gasteiger partial charge is 0.456 e. The van der Waals surface area contributed by atoms with Crippen molar-refractivity contribution in [2.45, 2.75) is 6.17 Å². The van der Waals surface area contributed by atoms with E-state index in [9.17, 15) is 0 Å². The van der Waals surface area contributed by atoms with Gasteiger partial charge in [0, 0.05) is 64.1 Å². The molecular weight excluding hydrogens is 717 g/mol. The molecule has 0 saturated heterocycles.